The molecule has 1 N–H and O–H groups in total. The maximum atomic E-state index is 12.2. The minimum atomic E-state index is -0.587. The molecule has 1 saturated heterocycles. The first-order valence-corrected chi connectivity index (χ1v) is 7.73. The van der Waals surface area contributed by atoms with Gasteiger partial charge in [-0.25, -0.2) is 0 Å². The van der Waals surface area contributed by atoms with Gasteiger partial charge in [-0.3, -0.25) is 9.59 Å². The average molecular weight is 282 g/mol. The Balaban J connectivity index is 1.89. The first-order valence-electron chi connectivity index (χ1n) is 7.73. The highest BCUT2D eigenvalue weighted by molar-refractivity contribution is 5.98. The number of hydrogen-bond donors (Lipinski definition) is 1. The van der Waals surface area contributed by atoms with Crippen LogP contribution in [0.1, 0.15) is 46.0 Å². The fourth-order valence-electron chi connectivity index (χ4n) is 3.15. The third kappa shape index (κ3) is 3.14. The molecule has 2 aliphatic rings. The number of amides is 2. The summed E-state index contributed by atoms with van der Waals surface area (Å²) in [6.45, 7) is 6.23. The molecule has 1 spiro atoms. The zero-order valence-electron chi connectivity index (χ0n) is 12.6. The van der Waals surface area contributed by atoms with Crippen molar-refractivity contribution in [3.05, 3.63) is 0 Å². The van der Waals surface area contributed by atoms with Crippen LogP contribution >= 0.6 is 0 Å². The average Bonchev–Trinajstić information content (AvgIpc) is 2.88. The highest BCUT2D eigenvalue weighted by Gasteiger charge is 2.50. The normalized spacial score (nSPS) is 21.9. The number of carbonyl (C=O) groups excluding carboxylic acids is 2. The van der Waals surface area contributed by atoms with Crippen molar-refractivity contribution >= 4 is 11.8 Å². The predicted molar refractivity (Wildman–Crippen MR) is 76.2 cm³/mol. The molecule has 20 heavy (non-hydrogen) atoms. The summed E-state index contributed by atoms with van der Waals surface area (Å²) in [6.07, 6.45) is 4.64. The van der Waals surface area contributed by atoms with Crippen molar-refractivity contribution in [3.8, 4) is 0 Å². The van der Waals surface area contributed by atoms with Gasteiger partial charge in [-0.2, -0.15) is 0 Å². The van der Waals surface area contributed by atoms with E-state index in [0.29, 0.717) is 19.1 Å². The van der Waals surface area contributed by atoms with Gasteiger partial charge in [0.15, 0.2) is 0 Å². The second-order valence-corrected chi connectivity index (χ2v) is 6.26. The Labute approximate surface area is 121 Å². The van der Waals surface area contributed by atoms with Crippen LogP contribution in [0, 0.1) is 5.92 Å². The molecule has 114 valence electrons. The van der Waals surface area contributed by atoms with Crippen LogP contribution in [0.2, 0.25) is 0 Å². The second kappa shape index (κ2) is 6.57. The number of nitrogens with zero attached hydrogens (tertiary/aromatic N) is 1. The van der Waals surface area contributed by atoms with Crippen molar-refractivity contribution in [1.29, 1.82) is 0 Å². The molecular weight excluding hydrogens is 256 g/mol. The van der Waals surface area contributed by atoms with Crippen LogP contribution in [0.5, 0.6) is 0 Å². The molecule has 0 unspecified atom stereocenters. The van der Waals surface area contributed by atoms with Gasteiger partial charge in [0.25, 0.3) is 0 Å². The van der Waals surface area contributed by atoms with E-state index in [0.717, 1.165) is 38.7 Å². The van der Waals surface area contributed by atoms with E-state index in [1.165, 1.54) is 0 Å². The highest BCUT2D eigenvalue weighted by atomic mass is 16.5. The Bertz CT molecular complexity index is 362. The number of carbonyl (C=O) groups is 2. The maximum absolute atomic E-state index is 12.2. The van der Waals surface area contributed by atoms with Gasteiger partial charge in [-0.1, -0.05) is 26.7 Å². The van der Waals surface area contributed by atoms with E-state index in [1.54, 1.807) is 4.90 Å². The number of ether oxygens (including phenoxy) is 1. The summed E-state index contributed by atoms with van der Waals surface area (Å²) in [4.78, 5) is 26.1. The molecular formula is C15H26N2O3. The van der Waals surface area contributed by atoms with Crippen molar-refractivity contribution < 1.29 is 14.3 Å². The van der Waals surface area contributed by atoms with Gasteiger partial charge in [-0.05, 0) is 25.2 Å². The van der Waals surface area contributed by atoms with E-state index in [1.807, 2.05) is 0 Å². The quantitative estimate of drug-likeness (QED) is 0.748. The highest BCUT2D eigenvalue weighted by Crippen LogP contribution is 2.37. The lowest BCUT2D eigenvalue weighted by atomic mass is 9.91. The summed E-state index contributed by atoms with van der Waals surface area (Å²) in [7, 11) is 0. The van der Waals surface area contributed by atoms with Crippen LogP contribution in [0.4, 0.5) is 0 Å². The lowest BCUT2D eigenvalue weighted by molar-refractivity contribution is -0.154. The topological polar surface area (TPSA) is 58.6 Å². The molecule has 5 nitrogen and oxygen atoms in total. The van der Waals surface area contributed by atoms with Crippen LogP contribution in [-0.4, -0.2) is 48.6 Å². The van der Waals surface area contributed by atoms with Gasteiger partial charge in [0.2, 0.25) is 11.8 Å². The number of rotatable bonds is 6. The Kier molecular flexibility index (Phi) is 5.02. The summed E-state index contributed by atoms with van der Waals surface area (Å²) < 4.78 is 5.61. The van der Waals surface area contributed by atoms with Gasteiger partial charge >= 0.3 is 0 Å². The molecule has 0 radical (unpaired) electrons. The van der Waals surface area contributed by atoms with E-state index < -0.39 is 5.54 Å². The molecule has 0 aromatic rings. The van der Waals surface area contributed by atoms with Gasteiger partial charge in [-0.15, -0.1) is 0 Å². The summed E-state index contributed by atoms with van der Waals surface area (Å²) in [5.74, 6) is 0.675. The van der Waals surface area contributed by atoms with Gasteiger partial charge < -0.3 is 15.0 Å². The van der Waals surface area contributed by atoms with Crippen molar-refractivity contribution in [2.24, 2.45) is 5.92 Å². The molecule has 1 heterocycles. The molecule has 2 rings (SSSR count). The molecule has 1 aliphatic carbocycles. The fraction of sp³-hybridized carbons (Fsp3) is 0.867. The van der Waals surface area contributed by atoms with E-state index in [4.69, 9.17) is 4.74 Å². The third-order valence-corrected chi connectivity index (χ3v) is 4.37. The predicted octanol–water partition coefficient (Wildman–Crippen LogP) is 1.32. The second-order valence-electron chi connectivity index (χ2n) is 6.26. The Morgan fingerprint density at radius 2 is 1.95 bits per heavy atom. The molecule has 5 heteroatoms. The molecule has 0 aromatic carbocycles. The van der Waals surface area contributed by atoms with E-state index in [2.05, 4.69) is 19.2 Å². The zero-order chi connectivity index (χ0) is 14.6. The van der Waals surface area contributed by atoms with Crippen molar-refractivity contribution in [1.82, 2.24) is 10.2 Å². The molecule has 1 saturated carbocycles. The van der Waals surface area contributed by atoms with Gasteiger partial charge in [0.05, 0.1) is 13.2 Å². The molecule has 0 atom stereocenters. The molecule has 0 bridgehead atoms. The Morgan fingerprint density at radius 3 is 2.60 bits per heavy atom. The first-order chi connectivity index (χ1) is 9.56. The van der Waals surface area contributed by atoms with E-state index in [9.17, 15) is 9.59 Å². The molecule has 2 amide bonds. The summed E-state index contributed by atoms with van der Waals surface area (Å²) in [5, 5.41) is 2.74. The molecule has 1 aliphatic heterocycles. The standard InChI is InChI=1S/C15H26N2O3/c1-12(2)5-9-20-10-8-17-13(18)11-16-14(19)15(17)6-3-4-7-15/h12H,3-11H2,1-2H3,(H,16,19). The largest absolute Gasteiger partial charge is 0.380 e. The first kappa shape index (κ1) is 15.3. The third-order valence-electron chi connectivity index (χ3n) is 4.37. The van der Waals surface area contributed by atoms with Crippen LogP contribution in [-0.2, 0) is 14.3 Å². The number of hydrogen-bond acceptors (Lipinski definition) is 3. The Morgan fingerprint density at radius 1 is 1.25 bits per heavy atom. The molecule has 2 fully saturated rings. The fourth-order valence-corrected chi connectivity index (χ4v) is 3.15. The summed E-state index contributed by atoms with van der Waals surface area (Å²) in [6, 6.07) is 0. The van der Waals surface area contributed by atoms with Crippen LogP contribution in [0.15, 0.2) is 0 Å². The number of piperazine rings is 1. The maximum Gasteiger partial charge on any atom is 0.246 e. The van der Waals surface area contributed by atoms with Crippen molar-refractivity contribution in [3.63, 3.8) is 0 Å². The van der Waals surface area contributed by atoms with E-state index >= 15 is 0 Å². The lowest BCUT2D eigenvalue weighted by Crippen LogP contribution is -2.66. The van der Waals surface area contributed by atoms with Crippen molar-refractivity contribution in [2.75, 3.05) is 26.3 Å². The lowest BCUT2D eigenvalue weighted by Gasteiger charge is -2.43. The van der Waals surface area contributed by atoms with Gasteiger partial charge in [0.1, 0.15) is 5.54 Å². The minimum Gasteiger partial charge on any atom is -0.380 e. The van der Waals surface area contributed by atoms with Crippen molar-refractivity contribution in [2.45, 2.75) is 51.5 Å². The van der Waals surface area contributed by atoms with Crippen LogP contribution < -0.4 is 5.32 Å². The monoisotopic (exact) mass is 282 g/mol. The zero-order valence-corrected chi connectivity index (χ0v) is 12.6. The SMILES string of the molecule is CC(C)CCOCCN1C(=O)CNC(=O)C12CCCC2. The number of nitrogens with one attached hydrogen (secondary N) is 1. The molecule has 0 aromatic heterocycles. The summed E-state index contributed by atoms with van der Waals surface area (Å²) in [5.41, 5.74) is -0.587. The smallest absolute Gasteiger partial charge is 0.246 e. The van der Waals surface area contributed by atoms with Gasteiger partial charge in [0, 0.05) is 13.2 Å². The van der Waals surface area contributed by atoms with Crippen LogP contribution in [0.25, 0.3) is 0 Å². The summed E-state index contributed by atoms with van der Waals surface area (Å²) >= 11 is 0. The van der Waals surface area contributed by atoms with Crippen LogP contribution in [0.3, 0.4) is 0 Å². The minimum absolute atomic E-state index is 0.0248. The van der Waals surface area contributed by atoms with E-state index in [-0.39, 0.29) is 18.4 Å². The Hall–Kier alpha value is -1.10.